The number of anilines is 1. The SMILES string of the molecule is O=C1O[C@]2(CCOc3ccc(Cl)cc32)C(=O)N1c1cncc2ccccc12. The Morgan fingerprint density at radius 3 is 2.85 bits per heavy atom. The minimum atomic E-state index is -1.44. The molecule has 1 atom stereocenters. The molecule has 0 N–H and O–H groups in total. The van der Waals surface area contributed by atoms with Crippen LogP contribution < -0.4 is 9.64 Å². The Bertz CT molecular complexity index is 1110. The van der Waals surface area contributed by atoms with E-state index >= 15 is 0 Å². The molecule has 0 radical (unpaired) electrons. The van der Waals surface area contributed by atoms with E-state index in [-0.39, 0.29) is 13.0 Å². The summed E-state index contributed by atoms with van der Waals surface area (Å²) in [5.74, 6) is 0.0298. The standard InChI is InChI=1S/C20H13ClN2O4/c21-13-5-6-17-15(9-13)20(7-8-26-17)18(24)23(19(25)27-20)16-11-22-10-12-3-1-2-4-14(12)16/h1-6,9-11H,7-8H2/t20-/m0/s1. The summed E-state index contributed by atoms with van der Waals surface area (Å²) in [6, 6.07) is 12.4. The highest BCUT2D eigenvalue weighted by Crippen LogP contribution is 2.47. The molecule has 27 heavy (non-hydrogen) atoms. The van der Waals surface area contributed by atoms with Crippen molar-refractivity contribution in [1.82, 2.24) is 4.98 Å². The fourth-order valence-electron chi connectivity index (χ4n) is 3.70. The van der Waals surface area contributed by atoms with Crippen LogP contribution in [-0.2, 0) is 15.1 Å². The van der Waals surface area contributed by atoms with Gasteiger partial charge in [-0.05, 0) is 18.2 Å². The number of hydrogen-bond acceptors (Lipinski definition) is 5. The summed E-state index contributed by atoms with van der Waals surface area (Å²) < 4.78 is 11.3. The number of imide groups is 1. The van der Waals surface area contributed by atoms with Gasteiger partial charge in [-0.1, -0.05) is 35.9 Å². The van der Waals surface area contributed by atoms with E-state index in [1.807, 2.05) is 24.3 Å². The Balaban J connectivity index is 1.68. The minimum Gasteiger partial charge on any atom is -0.493 e. The highest BCUT2D eigenvalue weighted by Gasteiger charge is 2.58. The van der Waals surface area contributed by atoms with E-state index < -0.39 is 17.6 Å². The molecule has 0 bridgehead atoms. The van der Waals surface area contributed by atoms with E-state index in [0.717, 1.165) is 15.7 Å². The highest BCUT2D eigenvalue weighted by atomic mass is 35.5. The summed E-state index contributed by atoms with van der Waals surface area (Å²) in [6.45, 7) is 0.259. The molecule has 3 aromatic rings. The highest BCUT2D eigenvalue weighted by molar-refractivity contribution is 6.31. The number of pyridine rings is 1. The van der Waals surface area contributed by atoms with E-state index in [1.54, 1.807) is 24.4 Å². The number of carbonyl (C=O) groups excluding carboxylic acids is 2. The molecule has 7 heteroatoms. The molecular weight excluding hydrogens is 368 g/mol. The second-order valence-corrected chi connectivity index (χ2v) is 6.89. The molecule has 0 saturated carbocycles. The van der Waals surface area contributed by atoms with E-state index in [4.69, 9.17) is 21.1 Å². The molecule has 1 saturated heterocycles. The van der Waals surface area contributed by atoms with E-state index in [1.165, 1.54) is 6.20 Å². The summed E-state index contributed by atoms with van der Waals surface area (Å²) in [5.41, 5.74) is -0.572. The summed E-state index contributed by atoms with van der Waals surface area (Å²) in [6.07, 6.45) is 2.67. The van der Waals surface area contributed by atoms with Crippen LogP contribution in [0.15, 0.2) is 54.9 Å². The molecule has 0 unspecified atom stereocenters. The lowest BCUT2D eigenvalue weighted by Crippen LogP contribution is -2.42. The predicted molar refractivity (Wildman–Crippen MR) is 99.0 cm³/mol. The number of benzene rings is 2. The molecule has 2 amide bonds. The van der Waals surface area contributed by atoms with Crippen molar-refractivity contribution in [2.45, 2.75) is 12.0 Å². The third-order valence-corrected chi connectivity index (χ3v) is 5.20. The van der Waals surface area contributed by atoms with Gasteiger partial charge in [0.2, 0.25) is 5.60 Å². The first-order chi connectivity index (χ1) is 13.1. The van der Waals surface area contributed by atoms with Gasteiger partial charge in [0.25, 0.3) is 5.91 Å². The number of aromatic nitrogens is 1. The van der Waals surface area contributed by atoms with Gasteiger partial charge in [0, 0.05) is 34.0 Å². The molecule has 2 aliphatic heterocycles. The number of ether oxygens (including phenoxy) is 2. The number of nitrogens with zero attached hydrogens (tertiary/aromatic N) is 2. The molecule has 0 aliphatic carbocycles. The first-order valence-electron chi connectivity index (χ1n) is 8.43. The molecule has 1 aromatic heterocycles. The van der Waals surface area contributed by atoms with Gasteiger partial charge in [-0.2, -0.15) is 0 Å². The monoisotopic (exact) mass is 380 g/mol. The molecule has 1 fully saturated rings. The van der Waals surface area contributed by atoms with Crippen LogP contribution in [0.5, 0.6) is 5.75 Å². The number of halogens is 1. The van der Waals surface area contributed by atoms with Crippen LogP contribution in [0.3, 0.4) is 0 Å². The molecule has 1 spiro atoms. The van der Waals surface area contributed by atoms with Gasteiger partial charge in [-0.3, -0.25) is 9.78 Å². The van der Waals surface area contributed by atoms with Crippen LogP contribution in [0.2, 0.25) is 5.02 Å². The maximum Gasteiger partial charge on any atom is 0.422 e. The van der Waals surface area contributed by atoms with Gasteiger partial charge in [0.15, 0.2) is 0 Å². The zero-order chi connectivity index (χ0) is 18.6. The smallest absolute Gasteiger partial charge is 0.422 e. The van der Waals surface area contributed by atoms with Crippen molar-refractivity contribution >= 4 is 40.1 Å². The second-order valence-electron chi connectivity index (χ2n) is 6.45. The minimum absolute atomic E-state index is 0.222. The summed E-state index contributed by atoms with van der Waals surface area (Å²) in [5, 5.41) is 2.01. The molecule has 2 aromatic carbocycles. The molecule has 134 valence electrons. The Morgan fingerprint density at radius 2 is 1.96 bits per heavy atom. The zero-order valence-electron chi connectivity index (χ0n) is 14.0. The number of fused-ring (bicyclic) bond motifs is 3. The quantitative estimate of drug-likeness (QED) is 0.637. The lowest BCUT2D eigenvalue weighted by Gasteiger charge is -2.31. The fourth-order valence-corrected chi connectivity index (χ4v) is 3.87. The molecule has 5 rings (SSSR count). The molecule has 3 heterocycles. The molecular formula is C20H13ClN2O4. The van der Waals surface area contributed by atoms with E-state index in [9.17, 15) is 9.59 Å². The average molecular weight is 381 g/mol. The first-order valence-corrected chi connectivity index (χ1v) is 8.81. The first kappa shape index (κ1) is 16.1. The lowest BCUT2D eigenvalue weighted by atomic mass is 9.87. The van der Waals surface area contributed by atoms with Crippen molar-refractivity contribution in [3.63, 3.8) is 0 Å². The Morgan fingerprint density at radius 1 is 1.11 bits per heavy atom. The number of hydrogen-bond donors (Lipinski definition) is 0. The number of carbonyl (C=O) groups is 2. The van der Waals surface area contributed by atoms with Gasteiger partial charge in [0.1, 0.15) is 5.75 Å². The van der Waals surface area contributed by atoms with Crippen LogP contribution in [0, 0.1) is 0 Å². The number of rotatable bonds is 1. The van der Waals surface area contributed by atoms with Crippen molar-refractivity contribution < 1.29 is 19.1 Å². The van der Waals surface area contributed by atoms with Crippen LogP contribution in [0.25, 0.3) is 10.8 Å². The van der Waals surface area contributed by atoms with Crippen molar-refractivity contribution in [2.75, 3.05) is 11.5 Å². The number of amides is 2. The van der Waals surface area contributed by atoms with Gasteiger partial charge in [-0.15, -0.1) is 0 Å². The largest absolute Gasteiger partial charge is 0.493 e. The van der Waals surface area contributed by atoms with Gasteiger partial charge >= 0.3 is 6.09 Å². The van der Waals surface area contributed by atoms with Crippen LogP contribution >= 0.6 is 11.6 Å². The molecule has 6 nitrogen and oxygen atoms in total. The Labute approximate surface area is 159 Å². The average Bonchev–Trinajstić information content (AvgIpc) is 2.92. The summed E-state index contributed by atoms with van der Waals surface area (Å²) in [4.78, 5) is 31.5. The van der Waals surface area contributed by atoms with Crippen LogP contribution in [-0.4, -0.2) is 23.6 Å². The van der Waals surface area contributed by atoms with Crippen molar-refractivity contribution in [1.29, 1.82) is 0 Å². The van der Waals surface area contributed by atoms with Gasteiger partial charge in [-0.25, -0.2) is 9.69 Å². The van der Waals surface area contributed by atoms with E-state index in [0.29, 0.717) is 22.0 Å². The zero-order valence-corrected chi connectivity index (χ0v) is 14.8. The second kappa shape index (κ2) is 5.69. The van der Waals surface area contributed by atoms with E-state index in [2.05, 4.69) is 4.98 Å². The summed E-state index contributed by atoms with van der Waals surface area (Å²) in [7, 11) is 0. The normalized spacial score (nSPS) is 21.3. The van der Waals surface area contributed by atoms with Crippen molar-refractivity contribution in [3.05, 3.63) is 65.4 Å². The van der Waals surface area contributed by atoms with Gasteiger partial charge in [0.05, 0.1) is 18.5 Å². The summed E-state index contributed by atoms with van der Waals surface area (Å²) >= 11 is 6.12. The van der Waals surface area contributed by atoms with Gasteiger partial charge < -0.3 is 9.47 Å². The fraction of sp³-hybridized carbons (Fsp3) is 0.150. The maximum atomic E-state index is 13.5. The topological polar surface area (TPSA) is 68.7 Å². The van der Waals surface area contributed by atoms with Crippen LogP contribution in [0.1, 0.15) is 12.0 Å². The van der Waals surface area contributed by atoms with Crippen molar-refractivity contribution in [3.8, 4) is 5.75 Å². The Kier molecular flexibility index (Phi) is 3.39. The Hall–Kier alpha value is -3.12. The third kappa shape index (κ3) is 2.23. The molecule has 2 aliphatic rings. The third-order valence-electron chi connectivity index (χ3n) is 4.97. The predicted octanol–water partition coefficient (Wildman–Crippen LogP) is 4.05. The lowest BCUT2D eigenvalue weighted by molar-refractivity contribution is -0.133. The maximum absolute atomic E-state index is 13.5. The van der Waals surface area contributed by atoms with Crippen LogP contribution in [0.4, 0.5) is 10.5 Å². The van der Waals surface area contributed by atoms with Crippen molar-refractivity contribution in [2.24, 2.45) is 0 Å².